The molecule has 104 valence electrons. The molecule has 1 saturated heterocycles. The molecule has 2 heterocycles. The number of hydrogen-bond acceptors (Lipinski definition) is 3. The summed E-state index contributed by atoms with van der Waals surface area (Å²) in [6.45, 7) is 3.29. The first-order chi connectivity index (χ1) is 7.57. The maximum absolute atomic E-state index is 12.3. The second-order valence-electron chi connectivity index (χ2n) is 3.64. The van der Waals surface area contributed by atoms with Gasteiger partial charge in [0.05, 0.1) is 11.9 Å². The first-order valence-corrected chi connectivity index (χ1v) is 5.06. The Morgan fingerprint density at radius 2 is 1.72 bits per heavy atom. The number of nitrogens with zero attached hydrogens (tertiary/aromatic N) is 2. The molecule has 1 aliphatic heterocycles. The largest absolute Gasteiger partial charge is 0.433 e. The number of halogens is 5. The van der Waals surface area contributed by atoms with Crippen LogP contribution in [0.3, 0.4) is 0 Å². The first kappa shape index (κ1) is 17.3. The molecule has 0 unspecified atom stereocenters. The van der Waals surface area contributed by atoms with E-state index in [1.807, 2.05) is 4.90 Å². The highest BCUT2D eigenvalue weighted by atomic mass is 35.5. The van der Waals surface area contributed by atoms with Crippen molar-refractivity contribution in [3.8, 4) is 0 Å². The van der Waals surface area contributed by atoms with E-state index in [0.717, 1.165) is 37.9 Å². The van der Waals surface area contributed by atoms with Crippen LogP contribution in [0.4, 0.5) is 18.9 Å². The number of aromatic nitrogens is 1. The molecule has 0 aliphatic carbocycles. The predicted molar refractivity (Wildman–Crippen MR) is 68.8 cm³/mol. The van der Waals surface area contributed by atoms with Crippen LogP contribution in [-0.2, 0) is 6.18 Å². The average Bonchev–Trinajstić information content (AvgIpc) is 2.29. The normalized spacial score (nSPS) is 15.6. The molecular weight excluding hydrogens is 290 g/mol. The molecule has 1 N–H and O–H groups in total. The zero-order valence-corrected chi connectivity index (χ0v) is 11.0. The number of rotatable bonds is 1. The Hall–Kier alpha value is -0.720. The maximum Gasteiger partial charge on any atom is 0.433 e. The summed E-state index contributed by atoms with van der Waals surface area (Å²) in [6, 6.07) is 2.50. The van der Waals surface area contributed by atoms with Crippen LogP contribution in [0.2, 0.25) is 0 Å². The van der Waals surface area contributed by atoms with Gasteiger partial charge in [0.1, 0.15) is 5.69 Å². The second kappa shape index (κ2) is 7.01. The highest BCUT2D eigenvalue weighted by Gasteiger charge is 2.32. The van der Waals surface area contributed by atoms with Gasteiger partial charge in [0.2, 0.25) is 0 Å². The smallest absolute Gasteiger partial charge is 0.368 e. The predicted octanol–water partition coefficient (Wildman–Crippen LogP) is 2.35. The van der Waals surface area contributed by atoms with E-state index < -0.39 is 11.9 Å². The van der Waals surface area contributed by atoms with Crippen LogP contribution < -0.4 is 10.2 Å². The van der Waals surface area contributed by atoms with Crippen LogP contribution in [0.5, 0.6) is 0 Å². The number of pyridine rings is 1. The zero-order chi connectivity index (χ0) is 11.6. The number of hydrogen-bond donors (Lipinski definition) is 1. The van der Waals surface area contributed by atoms with Crippen molar-refractivity contribution in [3.05, 3.63) is 24.0 Å². The maximum atomic E-state index is 12.3. The van der Waals surface area contributed by atoms with Gasteiger partial charge in [-0.25, -0.2) is 4.98 Å². The minimum absolute atomic E-state index is 0. The summed E-state index contributed by atoms with van der Waals surface area (Å²) in [6.07, 6.45) is -3.07. The number of alkyl halides is 3. The van der Waals surface area contributed by atoms with Crippen LogP contribution >= 0.6 is 24.8 Å². The van der Waals surface area contributed by atoms with Gasteiger partial charge in [-0.3, -0.25) is 0 Å². The SMILES string of the molecule is Cl.Cl.FC(F)(F)c1ccc(N2CCNCC2)cn1. The Morgan fingerprint density at radius 3 is 2.17 bits per heavy atom. The van der Waals surface area contributed by atoms with Gasteiger partial charge in [-0.05, 0) is 12.1 Å². The van der Waals surface area contributed by atoms with Crippen molar-refractivity contribution in [2.45, 2.75) is 6.18 Å². The highest BCUT2D eigenvalue weighted by molar-refractivity contribution is 5.85. The summed E-state index contributed by atoms with van der Waals surface area (Å²) >= 11 is 0. The van der Waals surface area contributed by atoms with Crippen molar-refractivity contribution in [1.29, 1.82) is 0 Å². The Kier molecular flexibility index (Phi) is 6.73. The van der Waals surface area contributed by atoms with Gasteiger partial charge in [0.25, 0.3) is 0 Å². The van der Waals surface area contributed by atoms with Gasteiger partial charge in [-0.2, -0.15) is 13.2 Å². The molecule has 3 nitrogen and oxygen atoms in total. The summed E-state index contributed by atoms with van der Waals surface area (Å²) in [4.78, 5) is 5.46. The summed E-state index contributed by atoms with van der Waals surface area (Å²) in [5, 5.41) is 3.18. The second-order valence-corrected chi connectivity index (χ2v) is 3.64. The lowest BCUT2D eigenvalue weighted by atomic mass is 10.2. The van der Waals surface area contributed by atoms with E-state index in [2.05, 4.69) is 10.3 Å². The van der Waals surface area contributed by atoms with Crippen LogP contribution in [0.15, 0.2) is 18.3 Å². The summed E-state index contributed by atoms with van der Waals surface area (Å²) in [5.41, 5.74) is -0.0964. The summed E-state index contributed by atoms with van der Waals surface area (Å²) in [5.74, 6) is 0. The van der Waals surface area contributed by atoms with Crippen molar-refractivity contribution in [3.63, 3.8) is 0 Å². The third-order valence-corrected chi connectivity index (χ3v) is 2.52. The molecule has 0 radical (unpaired) electrons. The molecule has 0 bridgehead atoms. The molecule has 1 aliphatic rings. The van der Waals surface area contributed by atoms with E-state index >= 15 is 0 Å². The Bertz CT molecular complexity index is 350. The standard InChI is InChI=1S/C10H12F3N3.2ClH/c11-10(12,13)9-2-1-8(7-15-9)16-5-3-14-4-6-16;;/h1-2,7,14H,3-6H2;2*1H. The molecule has 0 saturated carbocycles. The van der Waals surface area contributed by atoms with E-state index in [-0.39, 0.29) is 24.8 Å². The van der Waals surface area contributed by atoms with Crippen LogP contribution in [0.25, 0.3) is 0 Å². The van der Waals surface area contributed by atoms with Crippen molar-refractivity contribution in [1.82, 2.24) is 10.3 Å². The average molecular weight is 304 g/mol. The Balaban J connectivity index is 0.00000144. The third kappa shape index (κ3) is 4.19. The molecule has 18 heavy (non-hydrogen) atoms. The van der Waals surface area contributed by atoms with Gasteiger partial charge in [-0.1, -0.05) is 0 Å². The minimum Gasteiger partial charge on any atom is -0.368 e. The fourth-order valence-corrected chi connectivity index (χ4v) is 1.66. The lowest BCUT2D eigenvalue weighted by molar-refractivity contribution is -0.141. The topological polar surface area (TPSA) is 28.2 Å². The van der Waals surface area contributed by atoms with Crippen molar-refractivity contribution >= 4 is 30.5 Å². The van der Waals surface area contributed by atoms with Gasteiger partial charge >= 0.3 is 6.18 Å². The van der Waals surface area contributed by atoms with Gasteiger partial charge in [0.15, 0.2) is 0 Å². The van der Waals surface area contributed by atoms with Crippen molar-refractivity contribution < 1.29 is 13.2 Å². The van der Waals surface area contributed by atoms with E-state index in [1.165, 1.54) is 12.3 Å². The minimum atomic E-state index is -4.36. The lowest BCUT2D eigenvalue weighted by Gasteiger charge is -2.29. The van der Waals surface area contributed by atoms with Crippen LogP contribution in [0, 0.1) is 0 Å². The quantitative estimate of drug-likeness (QED) is 0.863. The van der Waals surface area contributed by atoms with Crippen LogP contribution in [-0.4, -0.2) is 31.2 Å². The van der Waals surface area contributed by atoms with Gasteiger partial charge in [0, 0.05) is 26.2 Å². The van der Waals surface area contributed by atoms with E-state index in [1.54, 1.807) is 0 Å². The molecule has 0 aromatic carbocycles. The molecule has 0 spiro atoms. The molecule has 0 amide bonds. The number of anilines is 1. The van der Waals surface area contributed by atoms with E-state index in [4.69, 9.17) is 0 Å². The highest BCUT2D eigenvalue weighted by Crippen LogP contribution is 2.28. The first-order valence-electron chi connectivity index (χ1n) is 5.06. The van der Waals surface area contributed by atoms with Gasteiger partial charge < -0.3 is 10.2 Å². The molecule has 1 aromatic rings. The van der Waals surface area contributed by atoms with Gasteiger partial charge in [-0.15, -0.1) is 24.8 Å². The zero-order valence-electron chi connectivity index (χ0n) is 9.41. The molecule has 2 rings (SSSR count). The number of nitrogens with one attached hydrogen (secondary N) is 1. The molecular formula is C10H14Cl2F3N3. The summed E-state index contributed by atoms with van der Waals surface area (Å²) < 4.78 is 36.8. The Morgan fingerprint density at radius 1 is 1.11 bits per heavy atom. The fraction of sp³-hybridized carbons (Fsp3) is 0.500. The molecule has 0 atom stereocenters. The summed E-state index contributed by atoms with van der Waals surface area (Å²) in [7, 11) is 0. The van der Waals surface area contributed by atoms with E-state index in [0.29, 0.717) is 0 Å². The van der Waals surface area contributed by atoms with E-state index in [9.17, 15) is 13.2 Å². The van der Waals surface area contributed by atoms with Crippen molar-refractivity contribution in [2.24, 2.45) is 0 Å². The monoisotopic (exact) mass is 303 g/mol. The molecule has 1 aromatic heterocycles. The third-order valence-electron chi connectivity index (χ3n) is 2.52. The Labute approximate surface area is 116 Å². The van der Waals surface area contributed by atoms with Crippen LogP contribution in [0.1, 0.15) is 5.69 Å². The fourth-order valence-electron chi connectivity index (χ4n) is 1.66. The lowest BCUT2D eigenvalue weighted by Crippen LogP contribution is -2.43. The number of piperazine rings is 1. The molecule has 8 heteroatoms. The molecule has 1 fully saturated rings. The van der Waals surface area contributed by atoms with Crippen molar-refractivity contribution in [2.75, 3.05) is 31.1 Å².